The van der Waals surface area contributed by atoms with Crippen LogP contribution in [0.15, 0.2) is 0 Å². The molecule has 0 aliphatic carbocycles. The number of piperazine rings is 1. The van der Waals surface area contributed by atoms with E-state index in [1.807, 2.05) is 0 Å². The SMILES string of the molecule is CC(OCC1CCCO1)C(=O)OCC(=O)N1CCN(C(=O)N(C)C)CC1. The number of ether oxygens (including phenoxy) is 3. The Kier molecular flexibility index (Phi) is 7.65. The largest absolute Gasteiger partial charge is 0.454 e. The molecule has 2 saturated heterocycles. The fraction of sp³-hybridized carbons (Fsp3) is 0.824. The van der Waals surface area contributed by atoms with E-state index in [-0.39, 0.29) is 24.6 Å². The Bertz CT molecular complexity index is 499. The average molecular weight is 371 g/mol. The van der Waals surface area contributed by atoms with E-state index in [9.17, 15) is 14.4 Å². The van der Waals surface area contributed by atoms with E-state index in [1.165, 1.54) is 4.90 Å². The molecule has 2 aliphatic rings. The predicted octanol–water partition coefficient (Wildman–Crippen LogP) is -0.0605. The molecule has 0 aromatic heterocycles. The van der Waals surface area contributed by atoms with Crippen molar-refractivity contribution >= 4 is 17.9 Å². The molecule has 0 spiro atoms. The normalized spacial score (nSPS) is 21.4. The number of rotatable bonds is 6. The molecule has 2 fully saturated rings. The van der Waals surface area contributed by atoms with Crippen molar-refractivity contribution in [3.05, 3.63) is 0 Å². The van der Waals surface area contributed by atoms with Crippen molar-refractivity contribution in [3.8, 4) is 0 Å². The lowest BCUT2D eigenvalue weighted by molar-refractivity contribution is -0.163. The van der Waals surface area contributed by atoms with Crippen LogP contribution in [0.25, 0.3) is 0 Å². The zero-order valence-corrected chi connectivity index (χ0v) is 15.8. The Hall–Kier alpha value is -1.87. The molecule has 0 aromatic carbocycles. The number of hydrogen-bond acceptors (Lipinski definition) is 6. The van der Waals surface area contributed by atoms with Gasteiger partial charge in [-0.05, 0) is 19.8 Å². The molecule has 3 amide bonds. The first kappa shape index (κ1) is 20.4. The lowest BCUT2D eigenvalue weighted by Crippen LogP contribution is -2.53. The summed E-state index contributed by atoms with van der Waals surface area (Å²) in [7, 11) is 3.39. The van der Waals surface area contributed by atoms with Gasteiger partial charge in [-0.2, -0.15) is 0 Å². The first-order valence-electron chi connectivity index (χ1n) is 9.02. The van der Waals surface area contributed by atoms with Crippen LogP contribution in [0.3, 0.4) is 0 Å². The monoisotopic (exact) mass is 371 g/mol. The van der Waals surface area contributed by atoms with Crippen LogP contribution in [-0.2, 0) is 23.8 Å². The highest BCUT2D eigenvalue weighted by Crippen LogP contribution is 2.13. The second-order valence-corrected chi connectivity index (χ2v) is 6.76. The predicted molar refractivity (Wildman–Crippen MR) is 92.6 cm³/mol. The molecule has 2 aliphatic heterocycles. The number of carbonyl (C=O) groups is 3. The summed E-state index contributed by atoms with van der Waals surface area (Å²) < 4.78 is 15.9. The van der Waals surface area contributed by atoms with E-state index in [2.05, 4.69) is 0 Å². The zero-order chi connectivity index (χ0) is 19.1. The molecule has 2 heterocycles. The number of nitrogens with zero attached hydrogens (tertiary/aromatic N) is 3. The molecule has 0 bridgehead atoms. The highest BCUT2D eigenvalue weighted by Gasteiger charge is 2.26. The van der Waals surface area contributed by atoms with E-state index in [0.717, 1.165) is 19.4 Å². The van der Waals surface area contributed by atoms with Gasteiger partial charge in [0.1, 0.15) is 0 Å². The van der Waals surface area contributed by atoms with Gasteiger partial charge in [0.2, 0.25) is 0 Å². The molecule has 0 aromatic rings. The first-order valence-corrected chi connectivity index (χ1v) is 9.02. The summed E-state index contributed by atoms with van der Waals surface area (Å²) in [5.41, 5.74) is 0. The molecule has 148 valence electrons. The van der Waals surface area contributed by atoms with Crippen LogP contribution in [0.2, 0.25) is 0 Å². The molecule has 9 heteroatoms. The molecule has 26 heavy (non-hydrogen) atoms. The van der Waals surface area contributed by atoms with E-state index in [1.54, 1.807) is 30.8 Å². The van der Waals surface area contributed by atoms with Crippen LogP contribution in [0, 0.1) is 0 Å². The van der Waals surface area contributed by atoms with Gasteiger partial charge in [0, 0.05) is 46.9 Å². The zero-order valence-electron chi connectivity index (χ0n) is 15.8. The summed E-state index contributed by atoms with van der Waals surface area (Å²) in [6.07, 6.45) is 1.24. The minimum atomic E-state index is -0.735. The fourth-order valence-electron chi connectivity index (χ4n) is 2.87. The quantitative estimate of drug-likeness (QED) is 0.608. The Morgan fingerprint density at radius 3 is 2.38 bits per heavy atom. The van der Waals surface area contributed by atoms with Crippen molar-refractivity contribution in [1.82, 2.24) is 14.7 Å². The van der Waals surface area contributed by atoms with Gasteiger partial charge in [0.25, 0.3) is 5.91 Å². The van der Waals surface area contributed by atoms with Crippen LogP contribution in [0.1, 0.15) is 19.8 Å². The highest BCUT2D eigenvalue weighted by atomic mass is 16.6. The van der Waals surface area contributed by atoms with E-state index in [0.29, 0.717) is 32.8 Å². The van der Waals surface area contributed by atoms with Crippen LogP contribution >= 0.6 is 0 Å². The highest BCUT2D eigenvalue weighted by molar-refractivity contribution is 5.82. The lowest BCUT2D eigenvalue weighted by Gasteiger charge is -2.35. The minimum absolute atomic E-state index is 0.0352. The van der Waals surface area contributed by atoms with Gasteiger partial charge in [-0.3, -0.25) is 4.79 Å². The molecular formula is C17H29N3O6. The van der Waals surface area contributed by atoms with E-state index < -0.39 is 12.1 Å². The van der Waals surface area contributed by atoms with Crippen LogP contribution in [-0.4, -0.2) is 105 Å². The maximum absolute atomic E-state index is 12.2. The Morgan fingerprint density at radius 2 is 1.81 bits per heavy atom. The second kappa shape index (κ2) is 9.72. The van der Waals surface area contributed by atoms with Crippen molar-refractivity contribution in [2.75, 3.05) is 60.1 Å². The van der Waals surface area contributed by atoms with Gasteiger partial charge < -0.3 is 28.9 Å². The Morgan fingerprint density at radius 1 is 1.15 bits per heavy atom. The van der Waals surface area contributed by atoms with Gasteiger partial charge >= 0.3 is 12.0 Å². The summed E-state index contributed by atoms with van der Waals surface area (Å²) in [6, 6.07) is -0.0688. The number of urea groups is 1. The number of amides is 3. The molecule has 9 nitrogen and oxygen atoms in total. The Balaban J connectivity index is 1.64. The van der Waals surface area contributed by atoms with E-state index in [4.69, 9.17) is 14.2 Å². The summed E-state index contributed by atoms with van der Waals surface area (Å²) in [4.78, 5) is 40.8. The fourth-order valence-corrected chi connectivity index (χ4v) is 2.87. The van der Waals surface area contributed by atoms with E-state index >= 15 is 0 Å². The first-order chi connectivity index (χ1) is 12.4. The maximum Gasteiger partial charge on any atom is 0.335 e. The summed E-state index contributed by atoms with van der Waals surface area (Å²) in [6.45, 7) is 4.18. The van der Waals surface area contributed by atoms with Gasteiger partial charge in [-0.1, -0.05) is 0 Å². The summed E-state index contributed by atoms with van der Waals surface area (Å²) >= 11 is 0. The van der Waals surface area contributed by atoms with Gasteiger partial charge in [-0.15, -0.1) is 0 Å². The average Bonchev–Trinajstić information content (AvgIpc) is 3.16. The smallest absolute Gasteiger partial charge is 0.335 e. The summed E-state index contributed by atoms with van der Waals surface area (Å²) in [5.74, 6) is -0.820. The van der Waals surface area contributed by atoms with Crippen LogP contribution in [0.4, 0.5) is 4.79 Å². The van der Waals surface area contributed by atoms with Crippen molar-refractivity contribution in [2.24, 2.45) is 0 Å². The van der Waals surface area contributed by atoms with Gasteiger partial charge in [-0.25, -0.2) is 9.59 Å². The lowest BCUT2D eigenvalue weighted by atomic mass is 10.2. The van der Waals surface area contributed by atoms with Gasteiger partial charge in [0.05, 0.1) is 12.7 Å². The Labute approximate surface area is 154 Å². The minimum Gasteiger partial charge on any atom is -0.454 e. The maximum atomic E-state index is 12.2. The van der Waals surface area contributed by atoms with Gasteiger partial charge in [0.15, 0.2) is 12.7 Å². The number of hydrogen-bond donors (Lipinski definition) is 0. The molecule has 0 N–H and O–H groups in total. The molecule has 0 radical (unpaired) electrons. The topological polar surface area (TPSA) is 88.6 Å². The van der Waals surface area contributed by atoms with Crippen LogP contribution in [0.5, 0.6) is 0 Å². The van der Waals surface area contributed by atoms with Crippen molar-refractivity contribution in [2.45, 2.75) is 32.0 Å². The standard InChI is InChI=1S/C17H29N3O6/c1-13(25-11-14-5-4-10-24-14)16(22)26-12-15(21)19-6-8-20(9-7-19)17(23)18(2)3/h13-14H,4-12H2,1-3H3. The van der Waals surface area contributed by atoms with Crippen LogP contribution < -0.4 is 0 Å². The molecule has 0 saturated carbocycles. The molecular weight excluding hydrogens is 342 g/mol. The van der Waals surface area contributed by atoms with Crippen molar-refractivity contribution in [3.63, 3.8) is 0 Å². The second-order valence-electron chi connectivity index (χ2n) is 6.76. The number of carbonyl (C=O) groups excluding carboxylic acids is 3. The molecule has 2 rings (SSSR count). The number of esters is 1. The van der Waals surface area contributed by atoms with Crippen molar-refractivity contribution in [1.29, 1.82) is 0 Å². The molecule has 2 atom stereocenters. The van der Waals surface area contributed by atoms with Crippen molar-refractivity contribution < 1.29 is 28.6 Å². The third-order valence-corrected chi connectivity index (χ3v) is 4.51. The third kappa shape index (κ3) is 5.84. The molecule has 2 unspecified atom stereocenters. The summed E-state index contributed by atoms with van der Waals surface area (Å²) in [5, 5.41) is 0. The third-order valence-electron chi connectivity index (χ3n) is 4.51.